The SMILES string of the molecule is N[C@@H](COP(=O)(O)OC1CCCOC1COC(=O)CCc1ccccc1OCc1cccc(Oc2ccccc2)c1)C(=O)O. The molecule has 1 aliphatic heterocycles. The Kier molecular flexibility index (Phi) is 12.3. The number of carbonyl (C=O) groups excluding carboxylic acids is 1. The molecule has 0 aromatic heterocycles. The minimum absolute atomic E-state index is 0.0632. The highest BCUT2D eigenvalue weighted by molar-refractivity contribution is 7.47. The second-order valence-corrected chi connectivity index (χ2v) is 11.5. The number of carbonyl (C=O) groups is 2. The van der Waals surface area contributed by atoms with Gasteiger partial charge in [0.05, 0.1) is 12.7 Å². The van der Waals surface area contributed by atoms with Crippen LogP contribution in [0.3, 0.4) is 0 Å². The lowest BCUT2D eigenvalue weighted by Gasteiger charge is -2.32. The van der Waals surface area contributed by atoms with Crippen LogP contribution >= 0.6 is 7.82 Å². The maximum Gasteiger partial charge on any atom is 0.472 e. The summed E-state index contributed by atoms with van der Waals surface area (Å²) in [4.78, 5) is 33.4. The molecule has 1 saturated heterocycles. The molecule has 3 aromatic rings. The molecular weight excluding hydrogens is 593 g/mol. The summed E-state index contributed by atoms with van der Waals surface area (Å²) in [6.07, 6.45) is -0.381. The fourth-order valence-corrected chi connectivity index (χ4v) is 5.35. The molecular formula is C31H36NO11P. The highest BCUT2D eigenvalue weighted by Gasteiger charge is 2.36. The summed E-state index contributed by atoms with van der Waals surface area (Å²) in [5, 5.41) is 8.82. The Morgan fingerprint density at radius 2 is 1.77 bits per heavy atom. The molecule has 0 aliphatic carbocycles. The van der Waals surface area contributed by atoms with Crippen molar-refractivity contribution in [1.29, 1.82) is 0 Å². The Bertz CT molecular complexity index is 1420. The average molecular weight is 630 g/mol. The lowest BCUT2D eigenvalue weighted by Crippen LogP contribution is -2.40. The summed E-state index contributed by atoms with van der Waals surface area (Å²) in [7, 11) is -4.63. The molecule has 4 rings (SSSR count). The van der Waals surface area contributed by atoms with E-state index in [0.717, 1.165) is 16.9 Å². The average Bonchev–Trinajstić information content (AvgIpc) is 3.02. The van der Waals surface area contributed by atoms with Crippen LogP contribution in [0.4, 0.5) is 0 Å². The third kappa shape index (κ3) is 10.7. The molecule has 0 amide bonds. The van der Waals surface area contributed by atoms with Gasteiger partial charge in [-0.3, -0.25) is 18.6 Å². The summed E-state index contributed by atoms with van der Waals surface area (Å²) in [5.74, 6) is 0.194. The van der Waals surface area contributed by atoms with Crippen molar-refractivity contribution < 1.29 is 52.1 Å². The molecule has 0 radical (unpaired) electrons. The number of aryl methyl sites for hydroxylation is 1. The number of rotatable bonds is 16. The minimum atomic E-state index is -4.63. The van der Waals surface area contributed by atoms with Gasteiger partial charge in [0.15, 0.2) is 0 Å². The number of hydrogen-bond donors (Lipinski definition) is 3. The van der Waals surface area contributed by atoms with E-state index in [0.29, 0.717) is 44.0 Å². The number of nitrogens with two attached hydrogens (primary N) is 1. The van der Waals surface area contributed by atoms with Crippen LogP contribution in [0.25, 0.3) is 0 Å². The molecule has 3 unspecified atom stereocenters. The maximum absolute atomic E-state index is 12.6. The van der Waals surface area contributed by atoms with Crippen LogP contribution in [-0.2, 0) is 45.7 Å². The van der Waals surface area contributed by atoms with Crippen molar-refractivity contribution in [2.45, 2.75) is 50.5 Å². The van der Waals surface area contributed by atoms with Crippen LogP contribution in [0.5, 0.6) is 17.2 Å². The predicted octanol–water partition coefficient (Wildman–Crippen LogP) is 4.63. The van der Waals surface area contributed by atoms with Crippen molar-refractivity contribution in [2.75, 3.05) is 19.8 Å². The molecule has 13 heteroatoms. The molecule has 1 fully saturated rings. The third-order valence-corrected chi connectivity index (χ3v) is 7.65. The zero-order valence-corrected chi connectivity index (χ0v) is 24.9. The summed E-state index contributed by atoms with van der Waals surface area (Å²) in [6.45, 7) is -0.253. The summed E-state index contributed by atoms with van der Waals surface area (Å²) in [6, 6.07) is 23.0. The molecule has 4 N–H and O–H groups in total. The highest BCUT2D eigenvalue weighted by Crippen LogP contribution is 2.46. The number of benzene rings is 3. The fraction of sp³-hybridized carbons (Fsp3) is 0.355. The normalized spacial score (nSPS) is 18.5. The van der Waals surface area contributed by atoms with Crippen molar-refractivity contribution >= 4 is 19.8 Å². The van der Waals surface area contributed by atoms with Gasteiger partial charge in [-0.15, -0.1) is 0 Å². The number of carboxylic acids is 1. The molecule has 0 bridgehead atoms. The molecule has 0 spiro atoms. The second kappa shape index (κ2) is 16.3. The van der Waals surface area contributed by atoms with E-state index in [-0.39, 0.29) is 13.0 Å². The monoisotopic (exact) mass is 629 g/mol. The van der Waals surface area contributed by atoms with Gasteiger partial charge in [-0.1, -0.05) is 48.5 Å². The Morgan fingerprint density at radius 1 is 1.02 bits per heavy atom. The van der Waals surface area contributed by atoms with Crippen LogP contribution < -0.4 is 15.2 Å². The molecule has 12 nitrogen and oxygen atoms in total. The molecule has 3 aromatic carbocycles. The number of phosphoric acid groups is 1. The smallest absolute Gasteiger partial charge is 0.472 e. The zero-order chi connectivity index (χ0) is 31.4. The maximum atomic E-state index is 12.6. The van der Waals surface area contributed by atoms with Crippen molar-refractivity contribution in [1.82, 2.24) is 0 Å². The van der Waals surface area contributed by atoms with Crippen molar-refractivity contribution in [3.05, 3.63) is 90.0 Å². The van der Waals surface area contributed by atoms with Crippen LogP contribution in [0.15, 0.2) is 78.9 Å². The number of phosphoric ester groups is 1. The van der Waals surface area contributed by atoms with Crippen molar-refractivity contribution in [2.24, 2.45) is 5.73 Å². The van der Waals surface area contributed by atoms with E-state index in [1.54, 1.807) is 0 Å². The minimum Gasteiger partial charge on any atom is -0.489 e. The summed E-state index contributed by atoms with van der Waals surface area (Å²) < 4.78 is 45.2. The Morgan fingerprint density at radius 3 is 2.57 bits per heavy atom. The first-order valence-electron chi connectivity index (χ1n) is 14.1. The van der Waals surface area contributed by atoms with Crippen molar-refractivity contribution in [3.8, 4) is 17.2 Å². The standard InChI is InChI=1S/C31H36NO11P/c32-26(31(34)35)20-41-44(36,37)43-28-14-7-17-38-29(28)21-40-30(33)16-15-23-9-4-5-13-27(23)39-19-22-8-6-12-25(18-22)42-24-10-2-1-3-11-24/h1-6,8-13,18,26,28-29H,7,14-17,19-21,32H2,(H,34,35)(H,36,37)/t26-,28?,29?/m0/s1. The quantitative estimate of drug-likeness (QED) is 0.148. The lowest BCUT2D eigenvalue weighted by molar-refractivity contribution is -0.154. The molecule has 4 atom stereocenters. The fourth-order valence-electron chi connectivity index (χ4n) is 4.36. The van der Waals surface area contributed by atoms with Gasteiger partial charge in [-0.2, -0.15) is 0 Å². The van der Waals surface area contributed by atoms with E-state index in [1.807, 2.05) is 78.9 Å². The second-order valence-electron chi connectivity index (χ2n) is 10.0. The van der Waals surface area contributed by atoms with E-state index in [9.17, 15) is 19.0 Å². The van der Waals surface area contributed by atoms with Gasteiger partial charge >= 0.3 is 19.8 Å². The largest absolute Gasteiger partial charge is 0.489 e. The van der Waals surface area contributed by atoms with Crippen LogP contribution in [0.1, 0.15) is 30.4 Å². The van der Waals surface area contributed by atoms with Crippen LogP contribution in [0.2, 0.25) is 0 Å². The van der Waals surface area contributed by atoms with Gasteiger partial charge in [0.25, 0.3) is 0 Å². The van der Waals surface area contributed by atoms with Gasteiger partial charge in [-0.05, 0) is 60.7 Å². The van der Waals surface area contributed by atoms with E-state index in [4.69, 9.17) is 38.8 Å². The number of para-hydroxylation sites is 2. The third-order valence-electron chi connectivity index (χ3n) is 6.63. The van der Waals surface area contributed by atoms with Crippen LogP contribution in [0, 0.1) is 0 Å². The Balaban J connectivity index is 1.25. The number of aliphatic carboxylic acids is 1. The number of esters is 1. The predicted molar refractivity (Wildman–Crippen MR) is 158 cm³/mol. The first-order chi connectivity index (χ1) is 21.2. The van der Waals surface area contributed by atoms with E-state index in [1.165, 1.54) is 0 Å². The lowest BCUT2D eigenvalue weighted by atomic mass is 10.1. The first-order valence-corrected chi connectivity index (χ1v) is 15.6. The number of carboxylic acid groups (broad SMARTS) is 1. The number of ether oxygens (including phenoxy) is 4. The van der Waals surface area contributed by atoms with Gasteiger partial charge in [0.2, 0.25) is 0 Å². The van der Waals surface area contributed by atoms with Gasteiger partial charge in [0.1, 0.15) is 42.6 Å². The molecule has 1 aliphatic rings. The first kappa shape index (κ1) is 33.1. The van der Waals surface area contributed by atoms with E-state index < -0.39 is 44.6 Å². The summed E-state index contributed by atoms with van der Waals surface area (Å²) >= 11 is 0. The topological polar surface area (TPSA) is 173 Å². The zero-order valence-electron chi connectivity index (χ0n) is 24.0. The molecule has 236 valence electrons. The summed E-state index contributed by atoms with van der Waals surface area (Å²) in [5.41, 5.74) is 7.05. The van der Waals surface area contributed by atoms with Gasteiger partial charge in [0, 0.05) is 13.0 Å². The van der Waals surface area contributed by atoms with Crippen molar-refractivity contribution in [3.63, 3.8) is 0 Å². The molecule has 1 heterocycles. The Hall–Kier alpha value is -3.77. The van der Waals surface area contributed by atoms with Crippen LogP contribution in [-0.4, -0.2) is 60.0 Å². The van der Waals surface area contributed by atoms with Gasteiger partial charge in [-0.25, -0.2) is 4.57 Å². The highest BCUT2D eigenvalue weighted by atomic mass is 31.2. The Labute approximate surface area is 255 Å². The molecule has 0 saturated carbocycles. The molecule has 44 heavy (non-hydrogen) atoms. The van der Waals surface area contributed by atoms with E-state index in [2.05, 4.69) is 0 Å². The van der Waals surface area contributed by atoms with Gasteiger partial charge < -0.3 is 34.7 Å². The number of hydrogen-bond acceptors (Lipinski definition) is 10. The van der Waals surface area contributed by atoms with E-state index >= 15 is 0 Å².